The number of carbonyl (C=O) groups is 1. The zero-order valence-electron chi connectivity index (χ0n) is 19.8. The molecule has 34 heavy (non-hydrogen) atoms. The second-order valence-electron chi connectivity index (χ2n) is 9.57. The van der Waals surface area contributed by atoms with Crippen molar-refractivity contribution in [3.05, 3.63) is 98.8 Å². The van der Waals surface area contributed by atoms with E-state index in [2.05, 4.69) is 47.1 Å². The van der Waals surface area contributed by atoms with E-state index in [1.54, 1.807) is 7.11 Å². The fraction of sp³-hybridized carbons (Fsp3) is 0.379. The van der Waals surface area contributed by atoms with Crippen LogP contribution >= 0.6 is 15.9 Å². The summed E-state index contributed by atoms with van der Waals surface area (Å²) in [5.41, 5.74) is 7.38. The molecular weight excluding hydrogens is 488 g/mol. The van der Waals surface area contributed by atoms with Crippen molar-refractivity contribution in [3.8, 4) is 0 Å². The van der Waals surface area contributed by atoms with Crippen molar-refractivity contribution in [1.29, 1.82) is 0 Å². The molecule has 4 nitrogen and oxygen atoms in total. The minimum absolute atomic E-state index is 0.0436. The van der Waals surface area contributed by atoms with Gasteiger partial charge in [0.05, 0.1) is 5.69 Å². The van der Waals surface area contributed by atoms with Crippen LogP contribution in [0.4, 0.5) is 0 Å². The Morgan fingerprint density at radius 3 is 2.68 bits per heavy atom. The second-order valence-corrected chi connectivity index (χ2v) is 10.5. The Hall–Kier alpha value is -2.50. The van der Waals surface area contributed by atoms with E-state index in [4.69, 9.17) is 9.72 Å². The van der Waals surface area contributed by atoms with Gasteiger partial charge in [-0.1, -0.05) is 42.0 Å². The van der Waals surface area contributed by atoms with Gasteiger partial charge in [0, 0.05) is 35.8 Å². The summed E-state index contributed by atoms with van der Waals surface area (Å²) in [5.74, 6) is 0.587. The van der Waals surface area contributed by atoms with Crippen LogP contribution in [0, 0.1) is 12.8 Å². The molecule has 2 aliphatic rings. The van der Waals surface area contributed by atoms with E-state index in [1.807, 2.05) is 41.4 Å². The van der Waals surface area contributed by atoms with Gasteiger partial charge in [0.2, 0.25) is 0 Å². The van der Waals surface area contributed by atoms with Gasteiger partial charge < -0.3 is 9.64 Å². The molecule has 0 saturated carbocycles. The second kappa shape index (κ2) is 10.0. The molecule has 176 valence electrons. The topological polar surface area (TPSA) is 42.4 Å². The first-order chi connectivity index (χ1) is 16.5. The molecular formula is C29H31BrN2O2. The number of nitrogens with zero attached hydrogens (tertiary/aromatic N) is 2. The zero-order chi connectivity index (χ0) is 23.7. The maximum atomic E-state index is 13.3. The van der Waals surface area contributed by atoms with Gasteiger partial charge in [-0.25, -0.2) is 0 Å². The van der Waals surface area contributed by atoms with Crippen molar-refractivity contribution < 1.29 is 9.53 Å². The summed E-state index contributed by atoms with van der Waals surface area (Å²) in [6.07, 6.45) is 6.65. The van der Waals surface area contributed by atoms with E-state index in [-0.39, 0.29) is 18.1 Å². The van der Waals surface area contributed by atoms with Crippen molar-refractivity contribution in [2.45, 2.75) is 51.2 Å². The number of pyridine rings is 1. The van der Waals surface area contributed by atoms with E-state index < -0.39 is 0 Å². The number of methoxy groups -OCH3 is 1. The molecule has 1 fully saturated rings. The lowest BCUT2D eigenvalue weighted by Crippen LogP contribution is -2.48. The zero-order valence-corrected chi connectivity index (χ0v) is 21.4. The molecule has 1 saturated heterocycles. The minimum Gasteiger partial charge on any atom is -0.362 e. The van der Waals surface area contributed by atoms with Gasteiger partial charge in [-0.2, -0.15) is 0 Å². The molecule has 0 radical (unpaired) electrons. The monoisotopic (exact) mass is 518 g/mol. The van der Waals surface area contributed by atoms with Crippen LogP contribution in [-0.4, -0.2) is 35.7 Å². The number of hydrogen-bond acceptors (Lipinski definition) is 3. The SMILES string of the molecule is COC1CC([C@H]2c3ccc(C)cc3CCCc3cc(Br)cnc32)CCN1C(=O)c1ccccc1. The number of amides is 1. The summed E-state index contributed by atoms with van der Waals surface area (Å²) < 4.78 is 6.95. The normalized spacial score (nSPS) is 22.3. The van der Waals surface area contributed by atoms with Gasteiger partial charge in [0.15, 0.2) is 0 Å². The molecule has 5 rings (SSSR count). The van der Waals surface area contributed by atoms with Crippen LogP contribution in [0.2, 0.25) is 0 Å². The number of aromatic nitrogens is 1. The van der Waals surface area contributed by atoms with Crippen LogP contribution < -0.4 is 0 Å². The van der Waals surface area contributed by atoms with Crippen LogP contribution in [0.1, 0.15) is 63.5 Å². The first kappa shape index (κ1) is 23.3. The number of carbonyl (C=O) groups excluding carboxylic acids is 1. The van der Waals surface area contributed by atoms with Crippen molar-refractivity contribution >= 4 is 21.8 Å². The minimum atomic E-state index is -0.246. The summed E-state index contributed by atoms with van der Waals surface area (Å²) in [6, 6.07) is 18.7. The summed E-state index contributed by atoms with van der Waals surface area (Å²) in [7, 11) is 1.72. The van der Waals surface area contributed by atoms with Gasteiger partial charge in [-0.3, -0.25) is 9.78 Å². The molecule has 3 atom stereocenters. The molecule has 1 aliphatic carbocycles. The van der Waals surface area contributed by atoms with Crippen molar-refractivity contribution in [2.75, 3.05) is 13.7 Å². The molecule has 0 spiro atoms. The van der Waals surface area contributed by atoms with Gasteiger partial charge in [-0.05, 0) is 95.8 Å². The average molecular weight is 519 g/mol. The highest BCUT2D eigenvalue weighted by molar-refractivity contribution is 9.10. The van der Waals surface area contributed by atoms with Gasteiger partial charge in [0.1, 0.15) is 6.23 Å². The first-order valence-electron chi connectivity index (χ1n) is 12.2. The number of rotatable bonds is 3. The van der Waals surface area contributed by atoms with Crippen molar-refractivity contribution in [1.82, 2.24) is 9.88 Å². The molecule has 2 unspecified atom stereocenters. The maximum Gasteiger partial charge on any atom is 0.255 e. The molecule has 0 bridgehead atoms. The third-order valence-electron chi connectivity index (χ3n) is 7.41. The van der Waals surface area contributed by atoms with Crippen LogP contribution in [0.15, 0.2) is 65.3 Å². The lowest BCUT2D eigenvalue weighted by Gasteiger charge is -2.42. The fourth-order valence-corrected chi connectivity index (χ4v) is 6.16. The Morgan fingerprint density at radius 1 is 1.09 bits per heavy atom. The van der Waals surface area contributed by atoms with E-state index >= 15 is 0 Å². The van der Waals surface area contributed by atoms with Gasteiger partial charge >= 0.3 is 0 Å². The molecule has 1 aromatic heterocycles. The fourth-order valence-electron chi connectivity index (χ4n) is 5.78. The number of hydrogen-bond donors (Lipinski definition) is 0. The third-order valence-corrected chi connectivity index (χ3v) is 7.84. The summed E-state index contributed by atoms with van der Waals surface area (Å²) in [4.78, 5) is 20.1. The lowest BCUT2D eigenvalue weighted by atomic mass is 9.73. The number of aryl methyl sites for hydroxylation is 3. The van der Waals surface area contributed by atoms with E-state index in [0.717, 1.165) is 36.6 Å². The Bertz CT molecular complexity index is 1130. The van der Waals surface area contributed by atoms with Crippen molar-refractivity contribution in [3.63, 3.8) is 0 Å². The van der Waals surface area contributed by atoms with E-state index in [9.17, 15) is 4.79 Å². The third kappa shape index (κ3) is 4.56. The highest BCUT2D eigenvalue weighted by Crippen LogP contribution is 2.43. The number of likely N-dealkylation sites (tertiary alicyclic amines) is 1. The van der Waals surface area contributed by atoms with Crippen LogP contribution in [0.25, 0.3) is 0 Å². The number of ether oxygens (including phenoxy) is 1. The largest absolute Gasteiger partial charge is 0.362 e. The molecule has 1 amide bonds. The molecule has 3 aromatic rings. The Labute approximate surface area is 210 Å². The molecule has 2 aromatic carbocycles. The highest BCUT2D eigenvalue weighted by atomic mass is 79.9. The standard InChI is InChI=1S/C29H31BrN2O2/c1-19-11-12-25-21(15-19)9-6-10-23-16-24(30)18-31-28(23)27(25)22-13-14-32(26(17-22)34-2)29(33)20-7-4-3-5-8-20/h3-5,7-8,11-12,15-16,18,22,26-27H,6,9-10,13-14,17H2,1-2H3/t22?,26?,27-/m0/s1. The van der Waals surface area contributed by atoms with Crippen LogP contribution in [-0.2, 0) is 17.6 Å². The summed E-state index contributed by atoms with van der Waals surface area (Å²) in [6.45, 7) is 2.85. The molecule has 0 N–H and O–H groups in total. The number of fused-ring (bicyclic) bond motifs is 2. The highest BCUT2D eigenvalue weighted by Gasteiger charge is 2.39. The molecule has 2 heterocycles. The average Bonchev–Trinajstić information content (AvgIpc) is 2.85. The van der Waals surface area contributed by atoms with Gasteiger partial charge in [-0.15, -0.1) is 0 Å². The van der Waals surface area contributed by atoms with Gasteiger partial charge in [0.25, 0.3) is 5.91 Å². The van der Waals surface area contributed by atoms with Crippen LogP contribution in [0.3, 0.4) is 0 Å². The Balaban J connectivity index is 1.51. The maximum absolute atomic E-state index is 13.3. The van der Waals surface area contributed by atoms with E-state index in [0.29, 0.717) is 18.0 Å². The first-order valence-corrected chi connectivity index (χ1v) is 13.0. The summed E-state index contributed by atoms with van der Waals surface area (Å²) in [5, 5.41) is 0. The van der Waals surface area contributed by atoms with Crippen LogP contribution in [0.5, 0.6) is 0 Å². The number of halogens is 1. The predicted octanol–water partition coefficient (Wildman–Crippen LogP) is 6.30. The Morgan fingerprint density at radius 2 is 1.88 bits per heavy atom. The number of benzene rings is 2. The number of piperidine rings is 1. The van der Waals surface area contributed by atoms with Crippen molar-refractivity contribution in [2.24, 2.45) is 5.92 Å². The quantitative estimate of drug-likeness (QED) is 0.408. The predicted molar refractivity (Wildman–Crippen MR) is 138 cm³/mol. The van der Waals surface area contributed by atoms with E-state index in [1.165, 1.54) is 27.9 Å². The molecule has 5 heteroatoms. The Kier molecular flexibility index (Phi) is 6.84. The lowest BCUT2D eigenvalue weighted by molar-refractivity contribution is -0.0560. The molecule has 1 aliphatic heterocycles. The summed E-state index contributed by atoms with van der Waals surface area (Å²) >= 11 is 3.63. The smallest absolute Gasteiger partial charge is 0.255 e.